The fraction of sp³-hybridized carbons (Fsp3) is 1.00. The first-order valence-electron chi connectivity index (χ1n) is 23.0. The van der Waals surface area contributed by atoms with Crippen LogP contribution in [0.15, 0.2) is 0 Å². The van der Waals surface area contributed by atoms with Gasteiger partial charge in [-0.1, -0.05) is 272 Å². The minimum Gasteiger partial charge on any atom is -0.381 e. The minimum atomic E-state index is 0.998. The number of rotatable bonds is 42. The summed E-state index contributed by atoms with van der Waals surface area (Å²) in [5, 5.41) is 0. The van der Waals surface area contributed by atoms with Crippen LogP contribution in [0.2, 0.25) is 0 Å². The number of hydrogen-bond donors (Lipinski definition) is 0. The van der Waals surface area contributed by atoms with Gasteiger partial charge < -0.3 is 4.74 Å². The van der Waals surface area contributed by atoms with Crippen LogP contribution in [-0.2, 0) is 4.74 Å². The van der Waals surface area contributed by atoms with Gasteiger partial charge in [0.25, 0.3) is 0 Å². The third-order valence-electron chi connectivity index (χ3n) is 10.3. The van der Waals surface area contributed by atoms with E-state index < -0.39 is 0 Å². The Bertz CT molecular complexity index is 432. The Balaban J connectivity index is 0. The highest BCUT2D eigenvalue weighted by molar-refractivity contribution is 4.53. The molecule has 0 spiro atoms. The van der Waals surface area contributed by atoms with Crippen molar-refractivity contribution in [3.63, 3.8) is 0 Å². The highest BCUT2D eigenvalue weighted by Gasteiger charge is 1.98. The molecule has 0 atom stereocenters. The Kier molecular flexibility index (Phi) is 52.6. The van der Waals surface area contributed by atoms with Crippen LogP contribution in [0.5, 0.6) is 0 Å². The van der Waals surface area contributed by atoms with E-state index in [1.54, 1.807) is 0 Å². The standard InChI is InChI=1S/C44H90O.C2H6/c1-3-5-7-9-11-13-15-17-19-21-23-25-27-29-31-33-35-37-39-41-43-45-44-42-40-38-36-34-32-30-28-26-24-22-20-18-16-14-12-10-8-6-4-2;1-2/h3-44H2,1-2H3;1-2H3. The van der Waals surface area contributed by atoms with Gasteiger partial charge in [0.15, 0.2) is 0 Å². The molecule has 0 amide bonds. The number of hydrogen-bond acceptors (Lipinski definition) is 1. The van der Waals surface area contributed by atoms with E-state index >= 15 is 0 Å². The molecule has 0 unspecified atom stereocenters. The summed E-state index contributed by atoms with van der Waals surface area (Å²) in [6.07, 6.45) is 58.0. The quantitative estimate of drug-likeness (QED) is 0.0590. The highest BCUT2D eigenvalue weighted by atomic mass is 16.5. The fourth-order valence-electron chi connectivity index (χ4n) is 7.02. The van der Waals surface area contributed by atoms with E-state index in [0.717, 1.165) is 13.2 Å². The average molecular weight is 665 g/mol. The van der Waals surface area contributed by atoms with Crippen molar-refractivity contribution in [1.82, 2.24) is 0 Å². The molecule has 0 N–H and O–H groups in total. The van der Waals surface area contributed by atoms with E-state index in [-0.39, 0.29) is 0 Å². The van der Waals surface area contributed by atoms with Crippen LogP contribution in [0.4, 0.5) is 0 Å². The average Bonchev–Trinajstić information content (AvgIpc) is 3.10. The van der Waals surface area contributed by atoms with Crippen LogP contribution in [-0.4, -0.2) is 13.2 Å². The maximum atomic E-state index is 5.91. The van der Waals surface area contributed by atoms with Crippen molar-refractivity contribution in [2.24, 2.45) is 0 Å². The fourth-order valence-corrected chi connectivity index (χ4v) is 7.02. The van der Waals surface area contributed by atoms with Gasteiger partial charge in [-0.25, -0.2) is 0 Å². The number of unbranched alkanes of at least 4 members (excludes halogenated alkanes) is 38. The molecule has 0 saturated carbocycles. The molecule has 0 aliphatic rings. The Labute approximate surface area is 301 Å². The van der Waals surface area contributed by atoms with E-state index in [4.69, 9.17) is 4.74 Å². The Morgan fingerprint density at radius 2 is 0.319 bits per heavy atom. The Hall–Kier alpha value is -0.0400. The van der Waals surface area contributed by atoms with Gasteiger partial charge in [0.1, 0.15) is 0 Å². The van der Waals surface area contributed by atoms with Gasteiger partial charge in [-0.3, -0.25) is 0 Å². The second-order valence-corrected chi connectivity index (χ2v) is 15.0. The van der Waals surface area contributed by atoms with Gasteiger partial charge >= 0.3 is 0 Å². The van der Waals surface area contributed by atoms with Gasteiger partial charge in [-0.2, -0.15) is 0 Å². The van der Waals surface area contributed by atoms with Gasteiger partial charge in [-0.05, 0) is 12.8 Å². The van der Waals surface area contributed by atoms with Crippen LogP contribution in [0.1, 0.15) is 285 Å². The smallest absolute Gasteiger partial charge is 0.0466 e. The normalized spacial score (nSPS) is 11.2. The molecule has 0 radical (unpaired) electrons. The topological polar surface area (TPSA) is 9.23 Å². The van der Waals surface area contributed by atoms with Crippen molar-refractivity contribution in [2.45, 2.75) is 285 Å². The van der Waals surface area contributed by atoms with Crippen LogP contribution < -0.4 is 0 Å². The van der Waals surface area contributed by atoms with E-state index in [1.165, 1.54) is 257 Å². The summed E-state index contributed by atoms with van der Waals surface area (Å²) < 4.78 is 5.91. The summed E-state index contributed by atoms with van der Waals surface area (Å²) in [6.45, 7) is 10.6. The minimum absolute atomic E-state index is 0.998. The predicted octanol–water partition coefficient (Wildman–Crippen LogP) is 17.7. The summed E-state index contributed by atoms with van der Waals surface area (Å²) in [5.41, 5.74) is 0. The molecule has 47 heavy (non-hydrogen) atoms. The van der Waals surface area contributed by atoms with Crippen LogP contribution >= 0.6 is 0 Å². The summed E-state index contributed by atoms with van der Waals surface area (Å²) in [5.74, 6) is 0. The first kappa shape index (κ1) is 49.1. The lowest BCUT2D eigenvalue weighted by Crippen LogP contribution is -1.97. The summed E-state index contributed by atoms with van der Waals surface area (Å²) in [7, 11) is 0. The highest BCUT2D eigenvalue weighted by Crippen LogP contribution is 2.16. The first-order valence-corrected chi connectivity index (χ1v) is 23.0. The van der Waals surface area contributed by atoms with E-state index in [2.05, 4.69) is 13.8 Å². The van der Waals surface area contributed by atoms with Crippen molar-refractivity contribution in [3.8, 4) is 0 Å². The molecule has 1 heteroatoms. The second kappa shape index (κ2) is 50.3. The van der Waals surface area contributed by atoms with Gasteiger partial charge in [0, 0.05) is 13.2 Å². The molecule has 0 rings (SSSR count). The van der Waals surface area contributed by atoms with Crippen molar-refractivity contribution in [2.75, 3.05) is 13.2 Å². The zero-order valence-electron chi connectivity index (χ0n) is 34.1. The summed E-state index contributed by atoms with van der Waals surface area (Å²) in [6, 6.07) is 0. The third kappa shape index (κ3) is 50.4. The van der Waals surface area contributed by atoms with E-state index in [9.17, 15) is 0 Å². The van der Waals surface area contributed by atoms with Crippen molar-refractivity contribution < 1.29 is 4.74 Å². The SMILES string of the molecule is CC.CCCCCCCCCCCCCCCCCCCCCCOCCCCCCCCCCCCCCCCCCCCCC. The Morgan fingerprint density at radius 1 is 0.191 bits per heavy atom. The third-order valence-corrected chi connectivity index (χ3v) is 10.3. The maximum absolute atomic E-state index is 5.91. The van der Waals surface area contributed by atoms with Crippen LogP contribution in [0.25, 0.3) is 0 Å². The van der Waals surface area contributed by atoms with E-state index in [1.807, 2.05) is 13.8 Å². The van der Waals surface area contributed by atoms with Crippen molar-refractivity contribution >= 4 is 0 Å². The van der Waals surface area contributed by atoms with Crippen LogP contribution in [0, 0.1) is 0 Å². The monoisotopic (exact) mass is 665 g/mol. The molecule has 0 fully saturated rings. The zero-order valence-corrected chi connectivity index (χ0v) is 34.1. The molecular formula is C46H96O. The molecule has 0 aromatic heterocycles. The molecule has 286 valence electrons. The number of ether oxygens (including phenoxy) is 1. The molecule has 0 heterocycles. The maximum Gasteiger partial charge on any atom is 0.0466 e. The molecule has 0 aromatic carbocycles. The molecule has 0 aliphatic heterocycles. The lowest BCUT2D eigenvalue weighted by Gasteiger charge is -2.06. The first-order chi connectivity index (χ1) is 23.4. The molecule has 0 aromatic rings. The Morgan fingerprint density at radius 3 is 0.468 bits per heavy atom. The molecule has 1 nitrogen and oxygen atoms in total. The van der Waals surface area contributed by atoms with Crippen molar-refractivity contribution in [1.29, 1.82) is 0 Å². The summed E-state index contributed by atoms with van der Waals surface area (Å²) in [4.78, 5) is 0. The van der Waals surface area contributed by atoms with Gasteiger partial charge in [0.05, 0.1) is 0 Å². The molecule has 0 aliphatic carbocycles. The van der Waals surface area contributed by atoms with Gasteiger partial charge in [-0.15, -0.1) is 0 Å². The largest absolute Gasteiger partial charge is 0.381 e. The van der Waals surface area contributed by atoms with E-state index in [0.29, 0.717) is 0 Å². The predicted molar refractivity (Wildman–Crippen MR) is 218 cm³/mol. The molecule has 0 saturated heterocycles. The lowest BCUT2D eigenvalue weighted by atomic mass is 10.0. The summed E-state index contributed by atoms with van der Waals surface area (Å²) >= 11 is 0. The zero-order chi connectivity index (χ0) is 34.4. The second-order valence-electron chi connectivity index (χ2n) is 15.0. The lowest BCUT2D eigenvalue weighted by molar-refractivity contribution is 0.125. The molecular weight excluding hydrogens is 569 g/mol. The van der Waals surface area contributed by atoms with Crippen LogP contribution in [0.3, 0.4) is 0 Å². The molecule has 0 bridgehead atoms. The van der Waals surface area contributed by atoms with Gasteiger partial charge in [0.2, 0.25) is 0 Å². The van der Waals surface area contributed by atoms with Crippen molar-refractivity contribution in [3.05, 3.63) is 0 Å².